The molecule has 0 aliphatic carbocycles. The average molecular weight is 425 g/mol. The van der Waals surface area contributed by atoms with Crippen LogP contribution in [0.2, 0.25) is 0 Å². The fraction of sp³-hybridized carbons (Fsp3) is 0.667. The highest BCUT2D eigenvalue weighted by molar-refractivity contribution is 7.89. The molecule has 1 aliphatic heterocycles. The molecule has 0 spiro atoms. The molecule has 1 heterocycles. The molecule has 160 valence electrons. The third kappa shape index (κ3) is 5.09. The number of rotatable bonds is 7. The molecule has 1 aliphatic rings. The third-order valence-electron chi connectivity index (χ3n) is 4.75. The molecular formula is C18H26F3NO5S. The summed E-state index contributed by atoms with van der Waals surface area (Å²) in [6, 6.07) is 3.71. The number of hydrogen-bond donors (Lipinski definition) is 1. The number of fused-ring (bicyclic) bond motifs is 1. The van der Waals surface area contributed by atoms with Gasteiger partial charge in [-0.05, 0) is 45.4 Å². The number of aliphatic hydroxyl groups is 1. The van der Waals surface area contributed by atoms with Gasteiger partial charge in [-0.3, -0.25) is 0 Å². The normalized spacial score (nSPS) is 21.9. The van der Waals surface area contributed by atoms with Gasteiger partial charge in [-0.15, -0.1) is 0 Å². The second-order valence-electron chi connectivity index (χ2n) is 7.28. The number of hydrogen-bond acceptors (Lipinski definition) is 5. The smallest absolute Gasteiger partial charge is 0.389 e. The van der Waals surface area contributed by atoms with Gasteiger partial charge in [0.1, 0.15) is 23.2 Å². The molecule has 0 saturated heterocycles. The van der Waals surface area contributed by atoms with Crippen LogP contribution >= 0.6 is 0 Å². The molecule has 2 rings (SSSR count). The van der Waals surface area contributed by atoms with Crippen LogP contribution in [0.1, 0.15) is 45.2 Å². The lowest BCUT2D eigenvalue weighted by molar-refractivity contribution is -0.136. The largest absolute Gasteiger partial charge is 0.494 e. The maximum atomic E-state index is 12.4. The van der Waals surface area contributed by atoms with Gasteiger partial charge in [0.05, 0.1) is 18.4 Å². The molecule has 0 saturated carbocycles. The minimum Gasteiger partial charge on any atom is -0.494 e. The summed E-state index contributed by atoms with van der Waals surface area (Å²) in [7, 11) is -2.24. The van der Waals surface area contributed by atoms with Crippen molar-refractivity contribution in [2.45, 2.75) is 57.5 Å². The lowest BCUT2D eigenvalue weighted by atomic mass is 9.86. The molecule has 0 radical (unpaired) electrons. The van der Waals surface area contributed by atoms with Crippen molar-refractivity contribution >= 4 is 10.0 Å². The first-order valence-corrected chi connectivity index (χ1v) is 10.6. The third-order valence-corrected chi connectivity index (χ3v) is 6.59. The fourth-order valence-corrected chi connectivity index (χ4v) is 4.05. The summed E-state index contributed by atoms with van der Waals surface area (Å²) in [6.45, 7) is 4.67. The van der Waals surface area contributed by atoms with Gasteiger partial charge < -0.3 is 14.6 Å². The van der Waals surface area contributed by atoms with Crippen LogP contribution in [0, 0.1) is 0 Å². The molecule has 0 fully saturated rings. The number of nitrogens with zero attached hydrogens (tertiary/aromatic N) is 1. The first kappa shape index (κ1) is 22.8. The summed E-state index contributed by atoms with van der Waals surface area (Å²) in [5, 5.41) is 10.8. The van der Waals surface area contributed by atoms with E-state index in [-0.39, 0.29) is 24.5 Å². The van der Waals surface area contributed by atoms with Gasteiger partial charge in [0.15, 0.2) is 0 Å². The minimum absolute atomic E-state index is 0.138. The Morgan fingerprint density at radius 2 is 1.96 bits per heavy atom. The fourth-order valence-electron chi connectivity index (χ4n) is 3.07. The molecule has 0 aromatic heterocycles. The van der Waals surface area contributed by atoms with Crippen molar-refractivity contribution in [3.05, 3.63) is 23.8 Å². The van der Waals surface area contributed by atoms with Crippen molar-refractivity contribution < 1.29 is 36.2 Å². The van der Waals surface area contributed by atoms with E-state index in [4.69, 9.17) is 9.47 Å². The Morgan fingerprint density at radius 1 is 1.32 bits per heavy atom. The number of likely N-dealkylation sites (N-methyl/N-ethyl adjacent to an activating group) is 1. The molecule has 2 atom stereocenters. The van der Waals surface area contributed by atoms with E-state index in [1.165, 1.54) is 20.0 Å². The zero-order chi connectivity index (χ0) is 21.3. The summed E-state index contributed by atoms with van der Waals surface area (Å²) >= 11 is 0. The number of halogens is 3. The van der Waals surface area contributed by atoms with Crippen LogP contribution in [-0.2, 0) is 10.0 Å². The van der Waals surface area contributed by atoms with Crippen molar-refractivity contribution in [2.24, 2.45) is 0 Å². The van der Waals surface area contributed by atoms with E-state index in [1.807, 2.05) is 0 Å². The van der Waals surface area contributed by atoms with E-state index >= 15 is 0 Å². The van der Waals surface area contributed by atoms with Gasteiger partial charge in [-0.2, -0.15) is 17.5 Å². The van der Waals surface area contributed by atoms with Crippen LogP contribution in [0.5, 0.6) is 11.5 Å². The highest BCUT2D eigenvalue weighted by Gasteiger charge is 2.47. The van der Waals surface area contributed by atoms with Crippen LogP contribution in [0.15, 0.2) is 18.2 Å². The molecule has 28 heavy (non-hydrogen) atoms. The molecule has 1 aromatic carbocycles. The molecule has 6 nitrogen and oxygen atoms in total. The van der Waals surface area contributed by atoms with Gasteiger partial charge in [0, 0.05) is 19.0 Å². The molecule has 2 unspecified atom stereocenters. The first-order chi connectivity index (χ1) is 12.8. The molecule has 1 aromatic rings. The van der Waals surface area contributed by atoms with Crippen LogP contribution in [-0.4, -0.2) is 55.1 Å². The van der Waals surface area contributed by atoms with Crippen LogP contribution < -0.4 is 9.47 Å². The average Bonchev–Trinajstić information content (AvgIpc) is 2.58. The van der Waals surface area contributed by atoms with E-state index in [1.54, 1.807) is 26.0 Å². The van der Waals surface area contributed by atoms with Gasteiger partial charge in [0.25, 0.3) is 0 Å². The Hall–Kier alpha value is -1.52. The van der Waals surface area contributed by atoms with Crippen molar-refractivity contribution in [3.63, 3.8) is 0 Å². The molecule has 0 bridgehead atoms. The molecular weight excluding hydrogens is 399 g/mol. The van der Waals surface area contributed by atoms with Crippen molar-refractivity contribution in [3.8, 4) is 11.5 Å². The summed E-state index contributed by atoms with van der Waals surface area (Å²) < 4.78 is 73.8. The van der Waals surface area contributed by atoms with Crippen molar-refractivity contribution in [1.82, 2.24) is 4.31 Å². The predicted octanol–water partition coefficient (Wildman–Crippen LogP) is 3.26. The number of sulfonamides is 1. The van der Waals surface area contributed by atoms with E-state index < -0.39 is 40.4 Å². The molecule has 0 amide bonds. The monoisotopic (exact) mass is 425 g/mol. The number of alkyl halides is 3. The number of benzene rings is 1. The number of aliphatic hydroxyl groups excluding tert-OH is 1. The Bertz CT molecular complexity index is 795. The lowest BCUT2D eigenvalue weighted by Gasteiger charge is -2.44. The summed E-state index contributed by atoms with van der Waals surface area (Å²) in [4.78, 5) is 0. The van der Waals surface area contributed by atoms with E-state index in [0.29, 0.717) is 11.3 Å². The Labute approximate surface area is 163 Å². The Morgan fingerprint density at radius 3 is 2.54 bits per heavy atom. The van der Waals surface area contributed by atoms with Crippen LogP contribution in [0.4, 0.5) is 13.2 Å². The molecule has 1 N–H and O–H groups in total. The van der Waals surface area contributed by atoms with E-state index in [2.05, 4.69) is 0 Å². The van der Waals surface area contributed by atoms with Crippen molar-refractivity contribution in [2.75, 3.05) is 19.4 Å². The maximum absolute atomic E-state index is 12.4. The summed E-state index contributed by atoms with van der Waals surface area (Å²) in [6.07, 6.45) is -6.55. The minimum atomic E-state index is -4.24. The quantitative estimate of drug-likeness (QED) is 0.679. The standard InChI is InChI=1S/C18H26F3NO5S/c1-5-28(24,25)22(4)15-13-11-12(26-10-6-9-18(19,20)21)7-8-14(13)27-17(2,3)16(15)23/h7-8,11,15-16,23H,5-6,9-10H2,1-4H3. The Balaban J connectivity index is 2.31. The number of ether oxygens (including phenoxy) is 2. The summed E-state index contributed by atoms with van der Waals surface area (Å²) in [5.74, 6) is 0.529. The van der Waals surface area contributed by atoms with Crippen LogP contribution in [0.25, 0.3) is 0 Å². The Kier molecular flexibility index (Phi) is 6.57. The van der Waals surface area contributed by atoms with Gasteiger partial charge in [-0.1, -0.05) is 0 Å². The second kappa shape index (κ2) is 8.08. The van der Waals surface area contributed by atoms with Gasteiger partial charge >= 0.3 is 6.18 Å². The maximum Gasteiger partial charge on any atom is 0.389 e. The summed E-state index contributed by atoms with van der Waals surface area (Å²) in [5.41, 5.74) is -0.635. The topological polar surface area (TPSA) is 76.1 Å². The van der Waals surface area contributed by atoms with E-state index in [0.717, 1.165) is 4.31 Å². The zero-order valence-electron chi connectivity index (χ0n) is 16.3. The zero-order valence-corrected chi connectivity index (χ0v) is 17.1. The SMILES string of the molecule is CCS(=O)(=O)N(C)C1c2cc(OCCCC(F)(F)F)ccc2OC(C)(C)C1O. The first-order valence-electron chi connectivity index (χ1n) is 8.95. The van der Waals surface area contributed by atoms with E-state index in [9.17, 15) is 26.7 Å². The van der Waals surface area contributed by atoms with Crippen LogP contribution in [0.3, 0.4) is 0 Å². The highest BCUT2D eigenvalue weighted by atomic mass is 32.2. The highest BCUT2D eigenvalue weighted by Crippen LogP contribution is 2.44. The van der Waals surface area contributed by atoms with Gasteiger partial charge in [0.2, 0.25) is 10.0 Å². The molecule has 10 heteroatoms. The predicted molar refractivity (Wildman–Crippen MR) is 97.9 cm³/mol. The van der Waals surface area contributed by atoms with Crippen molar-refractivity contribution in [1.29, 1.82) is 0 Å². The second-order valence-corrected chi connectivity index (χ2v) is 9.60. The van der Waals surface area contributed by atoms with Gasteiger partial charge in [-0.25, -0.2) is 8.42 Å². The lowest BCUT2D eigenvalue weighted by Crippen LogP contribution is -2.54.